The smallest absolute Gasteiger partial charge is 0.321 e. The van der Waals surface area contributed by atoms with E-state index in [1.807, 2.05) is 6.07 Å². The summed E-state index contributed by atoms with van der Waals surface area (Å²) in [7, 11) is 1.35. The normalized spacial score (nSPS) is 15.8. The van der Waals surface area contributed by atoms with Gasteiger partial charge in [0.15, 0.2) is 5.82 Å². The lowest BCUT2D eigenvalue weighted by Gasteiger charge is -2.05. The average molecular weight is 327 g/mol. The van der Waals surface area contributed by atoms with Crippen LogP contribution in [0, 0.1) is 0 Å². The first kappa shape index (κ1) is 14.4. The number of benzene rings is 1. The number of carbonyl (C=O) groups excluding carboxylic acids is 1. The Morgan fingerprint density at radius 2 is 2.19 bits per heavy atom. The number of carbonyl (C=O) groups is 1. The van der Waals surface area contributed by atoms with Crippen molar-refractivity contribution in [2.24, 2.45) is 0 Å². The van der Waals surface area contributed by atoms with Crippen LogP contribution in [0.3, 0.4) is 0 Å². The Hall–Kier alpha value is -1.59. The Morgan fingerprint density at radius 1 is 1.43 bits per heavy atom. The van der Waals surface area contributed by atoms with E-state index in [9.17, 15) is 4.79 Å². The van der Waals surface area contributed by atoms with Crippen molar-refractivity contribution in [1.82, 2.24) is 10.1 Å². The fourth-order valence-electron chi connectivity index (χ4n) is 2.18. The van der Waals surface area contributed by atoms with E-state index in [0.717, 1.165) is 5.56 Å². The van der Waals surface area contributed by atoms with Gasteiger partial charge in [0.25, 0.3) is 0 Å². The molecule has 1 fully saturated rings. The molecule has 3 rings (SSSR count). The van der Waals surface area contributed by atoms with Crippen LogP contribution >= 0.6 is 23.2 Å². The van der Waals surface area contributed by atoms with E-state index in [1.165, 1.54) is 7.11 Å². The number of nitrogens with zero attached hydrogens (tertiary/aromatic N) is 2. The van der Waals surface area contributed by atoms with Gasteiger partial charge in [0.1, 0.15) is 5.41 Å². The minimum Gasteiger partial charge on any atom is -0.468 e. The summed E-state index contributed by atoms with van der Waals surface area (Å²) in [6, 6.07) is 5.23. The van der Waals surface area contributed by atoms with E-state index in [0.29, 0.717) is 41.0 Å². The van der Waals surface area contributed by atoms with Crippen LogP contribution in [-0.4, -0.2) is 23.2 Å². The molecule has 21 heavy (non-hydrogen) atoms. The molecule has 1 aromatic carbocycles. The second kappa shape index (κ2) is 5.31. The summed E-state index contributed by atoms with van der Waals surface area (Å²) in [5.74, 6) is 0.459. The molecule has 1 saturated carbocycles. The third-order valence-corrected chi connectivity index (χ3v) is 4.15. The zero-order chi connectivity index (χ0) is 15.0. The minimum atomic E-state index is -0.746. The van der Waals surface area contributed by atoms with Gasteiger partial charge in [0.05, 0.1) is 7.11 Å². The highest BCUT2D eigenvalue weighted by atomic mass is 35.5. The van der Waals surface area contributed by atoms with Crippen molar-refractivity contribution in [2.75, 3.05) is 7.11 Å². The zero-order valence-corrected chi connectivity index (χ0v) is 12.7. The van der Waals surface area contributed by atoms with E-state index in [1.54, 1.807) is 12.1 Å². The van der Waals surface area contributed by atoms with Gasteiger partial charge in [-0.2, -0.15) is 4.98 Å². The van der Waals surface area contributed by atoms with Crippen LogP contribution in [0.4, 0.5) is 0 Å². The number of aromatic nitrogens is 2. The summed E-state index contributed by atoms with van der Waals surface area (Å²) in [5.41, 5.74) is 0.0976. The van der Waals surface area contributed by atoms with Gasteiger partial charge in [-0.3, -0.25) is 4.79 Å². The molecular weight excluding hydrogens is 315 g/mol. The predicted octanol–water partition coefficient (Wildman–Crippen LogP) is 3.17. The van der Waals surface area contributed by atoms with Crippen molar-refractivity contribution in [3.63, 3.8) is 0 Å². The molecule has 0 radical (unpaired) electrons. The van der Waals surface area contributed by atoms with E-state index >= 15 is 0 Å². The molecule has 7 heteroatoms. The van der Waals surface area contributed by atoms with Gasteiger partial charge in [-0.25, -0.2) is 0 Å². The van der Waals surface area contributed by atoms with E-state index in [-0.39, 0.29) is 5.97 Å². The summed E-state index contributed by atoms with van der Waals surface area (Å²) >= 11 is 12.0. The Bertz CT molecular complexity index is 695. The summed E-state index contributed by atoms with van der Waals surface area (Å²) < 4.78 is 10.0. The number of hydrogen-bond acceptors (Lipinski definition) is 5. The molecule has 0 aliphatic heterocycles. The van der Waals surface area contributed by atoms with Crippen LogP contribution in [0.5, 0.6) is 0 Å². The second-order valence-corrected chi connectivity index (χ2v) is 5.85. The molecule has 1 aliphatic carbocycles. The Morgan fingerprint density at radius 3 is 2.81 bits per heavy atom. The largest absolute Gasteiger partial charge is 0.468 e. The number of methoxy groups -OCH3 is 1. The minimum absolute atomic E-state index is 0.314. The van der Waals surface area contributed by atoms with Crippen molar-refractivity contribution in [1.29, 1.82) is 0 Å². The van der Waals surface area contributed by atoms with Gasteiger partial charge in [-0.1, -0.05) is 34.4 Å². The van der Waals surface area contributed by atoms with Crippen LogP contribution < -0.4 is 0 Å². The monoisotopic (exact) mass is 326 g/mol. The van der Waals surface area contributed by atoms with Crippen molar-refractivity contribution in [2.45, 2.75) is 24.7 Å². The molecule has 110 valence electrons. The molecule has 1 heterocycles. The quantitative estimate of drug-likeness (QED) is 0.807. The van der Waals surface area contributed by atoms with Crippen molar-refractivity contribution < 1.29 is 14.1 Å². The molecule has 0 bridgehead atoms. The topological polar surface area (TPSA) is 65.2 Å². The Balaban J connectivity index is 1.81. The second-order valence-electron chi connectivity index (χ2n) is 5.00. The maximum absolute atomic E-state index is 11.8. The van der Waals surface area contributed by atoms with Gasteiger partial charge in [-0.05, 0) is 30.5 Å². The highest BCUT2D eigenvalue weighted by molar-refractivity contribution is 6.35. The number of ether oxygens (including phenoxy) is 1. The summed E-state index contributed by atoms with van der Waals surface area (Å²) in [6.07, 6.45) is 1.75. The maximum Gasteiger partial charge on any atom is 0.321 e. The fraction of sp³-hybridized carbons (Fsp3) is 0.357. The Labute approximate surface area is 131 Å². The zero-order valence-electron chi connectivity index (χ0n) is 11.2. The third-order valence-electron chi connectivity index (χ3n) is 3.57. The summed E-state index contributed by atoms with van der Waals surface area (Å²) in [5, 5.41) is 5.03. The summed E-state index contributed by atoms with van der Waals surface area (Å²) in [6.45, 7) is 0. The van der Waals surface area contributed by atoms with Crippen LogP contribution in [0.1, 0.15) is 30.1 Å². The van der Waals surface area contributed by atoms with E-state index in [4.69, 9.17) is 32.5 Å². The fourth-order valence-corrected chi connectivity index (χ4v) is 2.66. The number of rotatable bonds is 4. The molecule has 0 N–H and O–H groups in total. The molecule has 0 saturated heterocycles. The number of hydrogen-bond donors (Lipinski definition) is 0. The summed E-state index contributed by atoms with van der Waals surface area (Å²) in [4.78, 5) is 16.1. The third kappa shape index (κ3) is 2.63. The molecule has 5 nitrogen and oxygen atoms in total. The molecule has 0 amide bonds. The van der Waals surface area contributed by atoms with Gasteiger partial charge in [0.2, 0.25) is 5.89 Å². The van der Waals surface area contributed by atoms with Crippen molar-refractivity contribution in [3.8, 4) is 0 Å². The highest BCUT2D eigenvalue weighted by Crippen LogP contribution is 2.48. The first-order valence-electron chi connectivity index (χ1n) is 6.40. The lowest BCUT2D eigenvalue weighted by molar-refractivity contribution is -0.144. The number of esters is 1. The molecule has 0 unspecified atom stereocenters. The lowest BCUT2D eigenvalue weighted by atomic mass is 10.1. The van der Waals surface area contributed by atoms with E-state index in [2.05, 4.69) is 10.1 Å². The van der Waals surface area contributed by atoms with Gasteiger partial charge in [-0.15, -0.1) is 0 Å². The van der Waals surface area contributed by atoms with E-state index < -0.39 is 5.41 Å². The van der Waals surface area contributed by atoms with Gasteiger partial charge >= 0.3 is 5.97 Å². The first-order chi connectivity index (χ1) is 10.0. The molecule has 2 aromatic rings. The van der Waals surface area contributed by atoms with Crippen LogP contribution in [0.2, 0.25) is 10.0 Å². The SMILES string of the molecule is COC(=O)C1(c2nc(Cc3ccc(Cl)cc3Cl)no2)CC1. The molecule has 0 spiro atoms. The van der Waals surface area contributed by atoms with Gasteiger partial charge in [0, 0.05) is 16.5 Å². The molecular formula is C14H12Cl2N2O3. The first-order valence-corrected chi connectivity index (χ1v) is 7.16. The van der Waals surface area contributed by atoms with Crippen LogP contribution in [-0.2, 0) is 21.4 Å². The van der Waals surface area contributed by atoms with Crippen LogP contribution in [0.25, 0.3) is 0 Å². The van der Waals surface area contributed by atoms with Crippen molar-refractivity contribution >= 4 is 29.2 Å². The van der Waals surface area contributed by atoms with Crippen molar-refractivity contribution in [3.05, 3.63) is 45.5 Å². The average Bonchev–Trinajstić information content (AvgIpc) is 3.15. The standard InChI is InChI=1S/C14H12Cl2N2O3/c1-20-13(19)14(4-5-14)12-17-11(18-21-12)6-8-2-3-9(15)7-10(8)16/h2-3,7H,4-6H2,1H3. The maximum atomic E-state index is 11.8. The van der Waals surface area contributed by atoms with Crippen LogP contribution in [0.15, 0.2) is 22.7 Å². The number of halogens is 2. The lowest BCUT2D eigenvalue weighted by Crippen LogP contribution is -2.22. The molecule has 1 aliphatic rings. The highest BCUT2D eigenvalue weighted by Gasteiger charge is 2.57. The molecule has 0 atom stereocenters. The van der Waals surface area contributed by atoms with Gasteiger partial charge < -0.3 is 9.26 Å². The Kier molecular flexibility index (Phi) is 3.63. The molecule has 1 aromatic heterocycles. The predicted molar refractivity (Wildman–Crippen MR) is 76.5 cm³/mol.